The molecule has 0 atom stereocenters. The number of nitrogens with one attached hydrogen (secondary N) is 2. The molecular weight excluding hydrogens is 457 g/mol. The number of aliphatic imine (C=N–C) groups is 1. The largest absolute Gasteiger partial charge is 0.454 e. The number of rotatable bonds is 6. The first-order valence-corrected chi connectivity index (χ1v) is 9.48. The van der Waals surface area contributed by atoms with Gasteiger partial charge in [0.15, 0.2) is 17.5 Å². The summed E-state index contributed by atoms with van der Waals surface area (Å²) in [7, 11) is 4.02. The van der Waals surface area contributed by atoms with Gasteiger partial charge in [-0.25, -0.2) is 0 Å². The molecule has 7 nitrogen and oxygen atoms in total. The fourth-order valence-electron chi connectivity index (χ4n) is 3.30. The van der Waals surface area contributed by atoms with Gasteiger partial charge in [0.2, 0.25) is 6.79 Å². The number of hydrogen-bond acceptors (Lipinski definition) is 5. The molecule has 1 saturated heterocycles. The number of fused-ring (bicyclic) bond motifs is 1. The van der Waals surface area contributed by atoms with Crippen molar-refractivity contribution in [2.24, 2.45) is 4.99 Å². The lowest BCUT2D eigenvalue weighted by molar-refractivity contribution is 0.174. The maximum atomic E-state index is 5.43. The molecule has 8 heteroatoms. The van der Waals surface area contributed by atoms with E-state index in [1.165, 1.54) is 25.1 Å². The SMILES string of the molecule is CN=C(NCCc1ccc2c(c1)OCO2)NCCN1CCCN(C)CC1.I. The Morgan fingerprint density at radius 2 is 1.89 bits per heavy atom. The Morgan fingerprint density at radius 1 is 1.07 bits per heavy atom. The first-order chi connectivity index (χ1) is 12.7. The van der Waals surface area contributed by atoms with E-state index in [9.17, 15) is 0 Å². The first-order valence-electron chi connectivity index (χ1n) is 9.48. The summed E-state index contributed by atoms with van der Waals surface area (Å²) < 4.78 is 10.8. The molecule has 0 radical (unpaired) electrons. The molecule has 0 spiro atoms. The van der Waals surface area contributed by atoms with Crippen LogP contribution in [0.3, 0.4) is 0 Å². The molecule has 1 aromatic carbocycles. The molecule has 2 heterocycles. The summed E-state index contributed by atoms with van der Waals surface area (Å²) in [5.41, 5.74) is 1.23. The lowest BCUT2D eigenvalue weighted by Crippen LogP contribution is -2.42. The highest BCUT2D eigenvalue weighted by Crippen LogP contribution is 2.32. The lowest BCUT2D eigenvalue weighted by atomic mass is 10.1. The zero-order chi connectivity index (χ0) is 18.2. The van der Waals surface area contributed by atoms with Gasteiger partial charge in [0, 0.05) is 39.8 Å². The highest BCUT2D eigenvalue weighted by Gasteiger charge is 2.13. The van der Waals surface area contributed by atoms with Crippen molar-refractivity contribution in [2.45, 2.75) is 12.8 Å². The standard InChI is InChI=1S/C19H31N5O2.HI/c1-20-19(22-8-11-24-10-3-9-23(2)12-13-24)21-7-6-16-4-5-17-18(14-16)26-15-25-17;/h4-5,14H,3,6-13,15H2,1-2H3,(H2,20,21,22);1H. The third-order valence-electron chi connectivity index (χ3n) is 4.90. The van der Waals surface area contributed by atoms with Gasteiger partial charge in [0.1, 0.15) is 0 Å². The Hall–Kier alpha value is -1.26. The minimum atomic E-state index is 0. The van der Waals surface area contributed by atoms with Crippen LogP contribution in [0.25, 0.3) is 0 Å². The zero-order valence-electron chi connectivity index (χ0n) is 16.4. The Bertz CT molecular complexity index is 614. The molecular formula is C19H32IN5O2. The van der Waals surface area contributed by atoms with Crippen molar-refractivity contribution in [3.8, 4) is 11.5 Å². The molecule has 0 unspecified atom stereocenters. The Balaban J connectivity index is 0.00000261. The van der Waals surface area contributed by atoms with Crippen LogP contribution in [0.2, 0.25) is 0 Å². The Kier molecular flexibility index (Phi) is 9.43. The number of likely N-dealkylation sites (N-methyl/N-ethyl adjacent to an activating group) is 1. The summed E-state index contributed by atoms with van der Waals surface area (Å²) in [6.07, 6.45) is 2.16. The van der Waals surface area contributed by atoms with E-state index in [-0.39, 0.29) is 24.0 Å². The van der Waals surface area contributed by atoms with E-state index < -0.39 is 0 Å². The van der Waals surface area contributed by atoms with Gasteiger partial charge >= 0.3 is 0 Å². The maximum absolute atomic E-state index is 5.43. The fourth-order valence-corrected chi connectivity index (χ4v) is 3.30. The Morgan fingerprint density at radius 3 is 2.74 bits per heavy atom. The third-order valence-corrected chi connectivity index (χ3v) is 4.90. The smallest absolute Gasteiger partial charge is 0.231 e. The van der Waals surface area contributed by atoms with Crippen LogP contribution >= 0.6 is 24.0 Å². The van der Waals surface area contributed by atoms with Crippen LogP contribution in [-0.4, -0.2) is 82.5 Å². The minimum absolute atomic E-state index is 0. The second kappa shape index (κ2) is 11.6. The van der Waals surface area contributed by atoms with Crippen LogP contribution < -0.4 is 20.1 Å². The van der Waals surface area contributed by atoms with Crippen molar-refractivity contribution in [3.05, 3.63) is 23.8 Å². The van der Waals surface area contributed by atoms with Gasteiger partial charge in [0.05, 0.1) is 0 Å². The van der Waals surface area contributed by atoms with Crippen molar-refractivity contribution in [3.63, 3.8) is 0 Å². The second-order valence-corrected chi connectivity index (χ2v) is 6.86. The quantitative estimate of drug-likeness (QED) is 0.358. The second-order valence-electron chi connectivity index (χ2n) is 6.86. The number of guanidine groups is 1. The highest BCUT2D eigenvalue weighted by molar-refractivity contribution is 14.0. The zero-order valence-corrected chi connectivity index (χ0v) is 18.7. The third kappa shape index (κ3) is 7.00. The molecule has 2 N–H and O–H groups in total. The number of halogens is 1. The van der Waals surface area contributed by atoms with Crippen molar-refractivity contribution in [1.82, 2.24) is 20.4 Å². The van der Waals surface area contributed by atoms with Crippen molar-refractivity contribution >= 4 is 29.9 Å². The van der Waals surface area contributed by atoms with Crippen LogP contribution in [0, 0.1) is 0 Å². The average molecular weight is 489 g/mol. The van der Waals surface area contributed by atoms with Gasteiger partial charge in [-0.3, -0.25) is 4.99 Å². The molecule has 27 heavy (non-hydrogen) atoms. The van der Waals surface area contributed by atoms with Crippen molar-refractivity contribution < 1.29 is 9.47 Å². The summed E-state index contributed by atoms with van der Waals surface area (Å²) in [6, 6.07) is 6.11. The number of ether oxygens (including phenoxy) is 2. The molecule has 0 bridgehead atoms. The van der Waals surface area contributed by atoms with Crippen LogP contribution in [0.15, 0.2) is 23.2 Å². The summed E-state index contributed by atoms with van der Waals surface area (Å²) in [5, 5.41) is 6.80. The van der Waals surface area contributed by atoms with E-state index in [0.717, 1.165) is 56.6 Å². The molecule has 152 valence electrons. The molecule has 0 saturated carbocycles. The average Bonchev–Trinajstić information content (AvgIpc) is 3.02. The van der Waals surface area contributed by atoms with Gasteiger partial charge in [-0.2, -0.15) is 0 Å². The van der Waals surface area contributed by atoms with Crippen molar-refractivity contribution in [1.29, 1.82) is 0 Å². The van der Waals surface area contributed by atoms with Crippen LogP contribution in [0.4, 0.5) is 0 Å². The predicted molar refractivity (Wildman–Crippen MR) is 120 cm³/mol. The van der Waals surface area contributed by atoms with E-state index in [4.69, 9.17) is 9.47 Å². The predicted octanol–water partition coefficient (Wildman–Crippen LogP) is 1.38. The summed E-state index contributed by atoms with van der Waals surface area (Å²) in [5.74, 6) is 2.53. The van der Waals surface area contributed by atoms with Crippen LogP contribution in [0.5, 0.6) is 11.5 Å². The normalized spacial score (nSPS) is 17.9. The summed E-state index contributed by atoms with van der Waals surface area (Å²) in [6.45, 7) is 7.80. The fraction of sp³-hybridized carbons (Fsp3) is 0.632. The molecule has 0 amide bonds. The molecule has 2 aliphatic heterocycles. The summed E-state index contributed by atoms with van der Waals surface area (Å²) in [4.78, 5) is 9.24. The molecule has 2 aliphatic rings. The summed E-state index contributed by atoms with van der Waals surface area (Å²) >= 11 is 0. The minimum Gasteiger partial charge on any atom is -0.454 e. The maximum Gasteiger partial charge on any atom is 0.231 e. The molecule has 3 rings (SSSR count). The highest BCUT2D eigenvalue weighted by atomic mass is 127. The Labute approximate surface area is 179 Å². The monoisotopic (exact) mass is 489 g/mol. The van der Waals surface area contributed by atoms with Crippen LogP contribution in [0.1, 0.15) is 12.0 Å². The topological polar surface area (TPSA) is 61.4 Å². The molecule has 1 fully saturated rings. The van der Waals surface area contributed by atoms with E-state index in [0.29, 0.717) is 6.79 Å². The van der Waals surface area contributed by atoms with Gasteiger partial charge in [0.25, 0.3) is 0 Å². The number of nitrogens with zero attached hydrogens (tertiary/aromatic N) is 3. The van der Waals surface area contributed by atoms with Gasteiger partial charge in [-0.05, 0) is 50.7 Å². The van der Waals surface area contributed by atoms with E-state index in [1.54, 1.807) is 0 Å². The van der Waals surface area contributed by atoms with Crippen molar-refractivity contribution in [2.75, 3.05) is 66.7 Å². The number of hydrogen-bond donors (Lipinski definition) is 2. The number of benzene rings is 1. The van der Waals surface area contributed by atoms with Gasteiger partial charge < -0.3 is 29.9 Å². The first kappa shape index (κ1) is 22.0. The van der Waals surface area contributed by atoms with Crippen LogP contribution in [-0.2, 0) is 6.42 Å². The lowest BCUT2D eigenvalue weighted by Gasteiger charge is -2.21. The van der Waals surface area contributed by atoms with E-state index in [1.807, 2.05) is 13.1 Å². The van der Waals surface area contributed by atoms with E-state index >= 15 is 0 Å². The van der Waals surface area contributed by atoms with E-state index in [2.05, 4.69) is 44.6 Å². The molecule has 0 aliphatic carbocycles. The molecule has 0 aromatic heterocycles. The van der Waals surface area contributed by atoms with Gasteiger partial charge in [-0.15, -0.1) is 24.0 Å². The van der Waals surface area contributed by atoms with Gasteiger partial charge in [-0.1, -0.05) is 6.07 Å². The molecule has 1 aromatic rings.